The maximum absolute atomic E-state index is 10.9. The van der Waals surface area contributed by atoms with Gasteiger partial charge in [0.05, 0.1) is 0 Å². The van der Waals surface area contributed by atoms with Gasteiger partial charge in [-0.3, -0.25) is 0 Å². The highest BCUT2D eigenvalue weighted by atomic mass is 32.2. The van der Waals surface area contributed by atoms with E-state index in [0.717, 1.165) is 0 Å². The molecule has 0 radical (unpaired) electrons. The van der Waals surface area contributed by atoms with Crippen molar-refractivity contribution in [2.24, 2.45) is 5.14 Å². The van der Waals surface area contributed by atoms with Gasteiger partial charge in [0.1, 0.15) is 0 Å². The summed E-state index contributed by atoms with van der Waals surface area (Å²) >= 11 is 0. The van der Waals surface area contributed by atoms with Crippen molar-refractivity contribution in [3.8, 4) is 0 Å². The summed E-state index contributed by atoms with van der Waals surface area (Å²) < 4.78 is 21.9. The Kier molecular flexibility index (Phi) is 1.77. The fraction of sp³-hybridized carbons (Fsp3) is 0.333. The first-order valence-corrected chi connectivity index (χ1v) is 4.65. The number of hydrogen-bond acceptors (Lipinski definition) is 3. The molecule has 1 heterocycles. The Morgan fingerprint density at radius 3 is 2.36 bits per heavy atom. The molecule has 62 valence electrons. The molecule has 1 aliphatic heterocycles. The first-order valence-electron chi connectivity index (χ1n) is 3.10. The summed E-state index contributed by atoms with van der Waals surface area (Å²) in [6.45, 7) is 1.50. The third-order valence-electron chi connectivity index (χ3n) is 1.58. The maximum Gasteiger partial charge on any atom is 0.236 e. The van der Waals surface area contributed by atoms with Crippen molar-refractivity contribution in [2.45, 2.75) is 11.8 Å². The van der Waals surface area contributed by atoms with Gasteiger partial charge in [-0.2, -0.15) is 0 Å². The van der Waals surface area contributed by atoms with Gasteiger partial charge >= 0.3 is 0 Å². The smallest absolute Gasteiger partial charge is 0.236 e. The van der Waals surface area contributed by atoms with Crippen molar-refractivity contribution in [3.63, 3.8) is 0 Å². The molecule has 0 aromatic rings. The average Bonchev–Trinajstić information content (AvgIpc) is 1.87. The van der Waals surface area contributed by atoms with E-state index in [1.54, 1.807) is 18.4 Å². The minimum Gasteiger partial charge on any atom is -0.369 e. The lowest BCUT2D eigenvalue weighted by Crippen LogP contribution is -2.49. The maximum atomic E-state index is 10.9. The second-order valence-corrected chi connectivity index (χ2v) is 4.45. The van der Waals surface area contributed by atoms with Crippen LogP contribution in [0.25, 0.3) is 0 Å². The van der Waals surface area contributed by atoms with Crippen LogP contribution in [-0.2, 0) is 10.0 Å². The van der Waals surface area contributed by atoms with Gasteiger partial charge < -0.3 is 5.32 Å². The van der Waals surface area contributed by atoms with Crippen LogP contribution in [0.2, 0.25) is 0 Å². The molecule has 0 fully saturated rings. The van der Waals surface area contributed by atoms with Crippen LogP contribution in [0.3, 0.4) is 0 Å². The Bertz CT molecular complexity index is 305. The molecule has 0 aromatic heterocycles. The third-order valence-corrected chi connectivity index (χ3v) is 3.02. The zero-order valence-corrected chi connectivity index (χ0v) is 6.93. The SMILES string of the molecule is CC1(S(N)(=O)=O)C=CC=CN1. The van der Waals surface area contributed by atoms with Crippen molar-refractivity contribution in [2.75, 3.05) is 0 Å². The summed E-state index contributed by atoms with van der Waals surface area (Å²) in [6, 6.07) is 0. The lowest BCUT2D eigenvalue weighted by Gasteiger charge is -2.25. The number of sulfonamides is 1. The van der Waals surface area contributed by atoms with Gasteiger partial charge in [-0.15, -0.1) is 0 Å². The number of hydrogen-bond donors (Lipinski definition) is 2. The highest BCUT2D eigenvalue weighted by Gasteiger charge is 2.32. The molecule has 3 N–H and O–H groups in total. The van der Waals surface area contributed by atoms with Gasteiger partial charge in [0.25, 0.3) is 0 Å². The zero-order valence-electron chi connectivity index (χ0n) is 6.11. The normalized spacial score (nSPS) is 30.0. The van der Waals surface area contributed by atoms with E-state index in [1.807, 2.05) is 0 Å². The van der Waals surface area contributed by atoms with E-state index in [1.165, 1.54) is 13.0 Å². The van der Waals surface area contributed by atoms with Gasteiger partial charge in [-0.1, -0.05) is 6.08 Å². The van der Waals surface area contributed by atoms with E-state index < -0.39 is 14.9 Å². The summed E-state index contributed by atoms with van der Waals surface area (Å²) in [6.07, 6.45) is 6.39. The number of allylic oxidation sites excluding steroid dienone is 2. The van der Waals surface area contributed by atoms with Crippen LogP contribution in [0.5, 0.6) is 0 Å². The molecule has 11 heavy (non-hydrogen) atoms. The number of nitrogens with two attached hydrogens (primary N) is 1. The number of nitrogens with one attached hydrogen (secondary N) is 1. The van der Waals surface area contributed by atoms with E-state index in [0.29, 0.717) is 0 Å². The molecule has 0 amide bonds. The third kappa shape index (κ3) is 1.44. The van der Waals surface area contributed by atoms with Gasteiger partial charge in [0.2, 0.25) is 10.0 Å². The number of dihydropyridines is 1. The zero-order chi connectivity index (χ0) is 8.54. The summed E-state index contributed by atoms with van der Waals surface area (Å²) in [5.74, 6) is 0. The van der Waals surface area contributed by atoms with Crippen molar-refractivity contribution >= 4 is 10.0 Å². The predicted octanol–water partition coefficient (Wildman–Crippen LogP) is -0.336. The van der Waals surface area contributed by atoms with Crippen LogP contribution in [0.4, 0.5) is 0 Å². The van der Waals surface area contributed by atoms with E-state index in [9.17, 15) is 8.42 Å². The van der Waals surface area contributed by atoms with E-state index in [4.69, 9.17) is 5.14 Å². The molecule has 4 nitrogen and oxygen atoms in total. The van der Waals surface area contributed by atoms with Crippen LogP contribution in [0.15, 0.2) is 24.4 Å². The Balaban J connectivity index is 3.04. The van der Waals surface area contributed by atoms with E-state index in [2.05, 4.69) is 5.32 Å². The summed E-state index contributed by atoms with van der Waals surface area (Å²) in [4.78, 5) is -1.15. The standard InChI is InChI=1S/C6H10N2O2S/c1-6(11(7,9)10)4-2-3-5-8-6/h2-5,8H,1H3,(H2,7,9,10). The van der Waals surface area contributed by atoms with Crippen LogP contribution < -0.4 is 10.5 Å². The molecule has 0 saturated carbocycles. The number of primary sulfonamides is 1. The van der Waals surface area contributed by atoms with Crippen molar-refractivity contribution in [3.05, 3.63) is 24.4 Å². The van der Waals surface area contributed by atoms with E-state index in [-0.39, 0.29) is 0 Å². The molecular formula is C6H10N2O2S. The second-order valence-electron chi connectivity index (χ2n) is 2.51. The van der Waals surface area contributed by atoms with Crippen molar-refractivity contribution < 1.29 is 8.42 Å². The van der Waals surface area contributed by atoms with Gasteiger partial charge in [-0.05, 0) is 25.3 Å². The Morgan fingerprint density at radius 2 is 2.09 bits per heavy atom. The molecule has 1 aliphatic rings. The summed E-state index contributed by atoms with van der Waals surface area (Å²) in [5.41, 5.74) is 0. The number of rotatable bonds is 1. The molecule has 0 aromatic carbocycles. The molecule has 1 unspecified atom stereocenters. The van der Waals surface area contributed by atoms with Crippen LogP contribution in [0.1, 0.15) is 6.92 Å². The van der Waals surface area contributed by atoms with Gasteiger partial charge in [0, 0.05) is 0 Å². The largest absolute Gasteiger partial charge is 0.369 e. The lowest BCUT2D eigenvalue weighted by atomic mass is 10.2. The quantitative estimate of drug-likeness (QED) is 0.571. The lowest BCUT2D eigenvalue weighted by molar-refractivity contribution is 0.546. The van der Waals surface area contributed by atoms with Crippen molar-refractivity contribution in [1.29, 1.82) is 0 Å². The minimum atomic E-state index is -3.57. The first kappa shape index (κ1) is 8.29. The Morgan fingerprint density at radius 1 is 1.45 bits per heavy atom. The fourth-order valence-electron chi connectivity index (χ4n) is 0.733. The topological polar surface area (TPSA) is 72.2 Å². The minimum absolute atomic E-state index is 1.15. The van der Waals surface area contributed by atoms with Crippen LogP contribution in [0, 0.1) is 0 Å². The molecular weight excluding hydrogens is 164 g/mol. The van der Waals surface area contributed by atoms with E-state index >= 15 is 0 Å². The molecule has 1 atom stereocenters. The first-order chi connectivity index (χ1) is 4.96. The fourth-order valence-corrected chi connectivity index (χ4v) is 1.23. The molecule has 0 spiro atoms. The van der Waals surface area contributed by atoms with Gasteiger partial charge in [-0.25, -0.2) is 13.6 Å². The molecule has 0 bridgehead atoms. The van der Waals surface area contributed by atoms with Crippen LogP contribution >= 0.6 is 0 Å². The van der Waals surface area contributed by atoms with Gasteiger partial charge in [0.15, 0.2) is 4.87 Å². The molecule has 5 heteroatoms. The highest BCUT2D eigenvalue weighted by Crippen LogP contribution is 2.14. The Labute approximate surface area is 65.8 Å². The molecule has 0 aliphatic carbocycles. The van der Waals surface area contributed by atoms with Crippen molar-refractivity contribution in [1.82, 2.24) is 5.32 Å². The summed E-state index contributed by atoms with van der Waals surface area (Å²) in [5, 5.41) is 7.62. The highest BCUT2D eigenvalue weighted by molar-refractivity contribution is 7.90. The van der Waals surface area contributed by atoms with Crippen LogP contribution in [-0.4, -0.2) is 13.3 Å². The molecule has 1 rings (SSSR count). The monoisotopic (exact) mass is 174 g/mol. The summed E-state index contributed by atoms with van der Waals surface area (Å²) in [7, 11) is -3.57. The second kappa shape index (κ2) is 2.35. The molecule has 0 saturated heterocycles. The Hall–Kier alpha value is -0.810. The predicted molar refractivity (Wildman–Crippen MR) is 42.9 cm³/mol. The average molecular weight is 174 g/mol.